The Kier molecular flexibility index (Phi) is 7.91. The van der Waals surface area contributed by atoms with Crippen molar-refractivity contribution in [2.75, 3.05) is 33.3 Å². The highest BCUT2D eigenvalue weighted by Crippen LogP contribution is 2.19. The second-order valence-electron chi connectivity index (χ2n) is 6.74. The molecular weight excluding hydrogens is 322 g/mol. The van der Waals surface area contributed by atoms with Crippen molar-refractivity contribution in [2.45, 2.75) is 44.9 Å². The molecule has 2 aliphatic rings. The van der Waals surface area contributed by atoms with E-state index in [0.717, 1.165) is 19.3 Å². The Hall–Kier alpha value is -1.89. The summed E-state index contributed by atoms with van der Waals surface area (Å²) < 4.78 is 4.75. The highest BCUT2D eigenvalue weighted by molar-refractivity contribution is 5.95. The van der Waals surface area contributed by atoms with E-state index in [1.54, 1.807) is 0 Å². The van der Waals surface area contributed by atoms with E-state index in [1.165, 1.54) is 25.5 Å². The molecule has 7 nitrogen and oxygen atoms in total. The lowest BCUT2D eigenvalue weighted by molar-refractivity contribution is -0.147. The first-order valence-corrected chi connectivity index (χ1v) is 9.14. The van der Waals surface area contributed by atoms with E-state index in [1.807, 2.05) is 4.90 Å². The van der Waals surface area contributed by atoms with E-state index in [-0.39, 0.29) is 24.3 Å². The zero-order chi connectivity index (χ0) is 18.1. The quantitative estimate of drug-likeness (QED) is 0.560. The van der Waals surface area contributed by atoms with Gasteiger partial charge in [-0.1, -0.05) is 11.6 Å². The highest BCUT2D eigenvalue weighted by Gasteiger charge is 2.26. The number of amides is 3. The van der Waals surface area contributed by atoms with Gasteiger partial charge in [-0.25, -0.2) is 4.79 Å². The largest absolute Gasteiger partial charge is 0.469 e. The lowest BCUT2D eigenvalue weighted by Gasteiger charge is -2.29. The number of likely N-dealkylation sites (tertiary alicyclic amines) is 1. The minimum atomic E-state index is -0.439. The van der Waals surface area contributed by atoms with Gasteiger partial charge < -0.3 is 10.1 Å². The van der Waals surface area contributed by atoms with Gasteiger partial charge >= 0.3 is 12.0 Å². The molecule has 1 fully saturated rings. The van der Waals surface area contributed by atoms with Gasteiger partial charge in [0, 0.05) is 6.54 Å². The second kappa shape index (κ2) is 10.2. The van der Waals surface area contributed by atoms with Crippen LogP contribution in [0.4, 0.5) is 4.79 Å². The van der Waals surface area contributed by atoms with Gasteiger partial charge in [-0.3, -0.25) is 19.8 Å². The molecule has 140 valence electrons. The lowest BCUT2D eigenvalue weighted by Crippen LogP contribution is -2.47. The van der Waals surface area contributed by atoms with Crippen LogP contribution >= 0.6 is 0 Å². The standard InChI is InChI=1S/C18H29N3O4/c1-25-17(23)15-8-11-21(12-9-15)13-16(22)20-18(24)19-10-7-14-5-3-2-4-6-14/h5,15H,2-4,6-13H2,1H3,(H2,19,20,22,24). The summed E-state index contributed by atoms with van der Waals surface area (Å²) in [5.41, 5.74) is 1.39. The van der Waals surface area contributed by atoms with E-state index in [9.17, 15) is 14.4 Å². The van der Waals surface area contributed by atoms with Crippen molar-refractivity contribution in [2.24, 2.45) is 5.92 Å². The molecule has 3 amide bonds. The maximum Gasteiger partial charge on any atom is 0.321 e. The van der Waals surface area contributed by atoms with Crippen molar-refractivity contribution >= 4 is 17.9 Å². The van der Waals surface area contributed by atoms with Gasteiger partial charge in [0.15, 0.2) is 0 Å². The minimum Gasteiger partial charge on any atom is -0.469 e. The van der Waals surface area contributed by atoms with Crippen molar-refractivity contribution in [1.29, 1.82) is 0 Å². The van der Waals surface area contributed by atoms with E-state index in [2.05, 4.69) is 16.7 Å². The van der Waals surface area contributed by atoms with Crippen molar-refractivity contribution in [3.63, 3.8) is 0 Å². The number of allylic oxidation sites excluding steroid dienone is 1. The van der Waals surface area contributed by atoms with E-state index in [0.29, 0.717) is 32.5 Å². The molecule has 0 aromatic carbocycles. The monoisotopic (exact) mass is 351 g/mol. The Morgan fingerprint density at radius 3 is 2.64 bits per heavy atom. The topological polar surface area (TPSA) is 87.7 Å². The number of imide groups is 1. The van der Waals surface area contributed by atoms with Gasteiger partial charge in [0.1, 0.15) is 0 Å². The number of urea groups is 1. The molecule has 1 heterocycles. The van der Waals surface area contributed by atoms with Crippen LogP contribution in [-0.4, -0.2) is 56.1 Å². The molecule has 0 radical (unpaired) electrons. The van der Waals surface area contributed by atoms with Gasteiger partial charge in [0.05, 0.1) is 19.6 Å². The molecule has 0 atom stereocenters. The number of ether oxygens (including phenoxy) is 1. The number of nitrogens with one attached hydrogen (secondary N) is 2. The Balaban J connectivity index is 1.59. The first kappa shape index (κ1) is 19.4. The molecule has 7 heteroatoms. The average Bonchev–Trinajstić information content (AvgIpc) is 2.62. The first-order valence-electron chi connectivity index (χ1n) is 9.14. The maximum atomic E-state index is 11.9. The van der Waals surface area contributed by atoms with Crippen LogP contribution in [0.25, 0.3) is 0 Å². The summed E-state index contributed by atoms with van der Waals surface area (Å²) in [6.07, 6.45) is 9.19. The van der Waals surface area contributed by atoms with Crippen LogP contribution in [-0.2, 0) is 14.3 Å². The fraction of sp³-hybridized carbons (Fsp3) is 0.722. The van der Waals surface area contributed by atoms with Gasteiger partial charge in [-0.2, -0.15) is 0 Å². The summed E-state index contributed by atoms with van der Waals surface area (Å²) in [7, 11) is 1.39. The van der Waals surface area contributed by atoms with E-state index < -0.39 is 6.03 Å². The Morgan fingerprint density at radius 1 is 1.24 bits per heavy atom. The van der Waals surface area contributed by atoms with Crippen LogP contribution in [0.5, 0.6) is 0 Å². The highest BCUT2D eigenvalue weighted by atomic mass is 16.5. The van der Waals surface area contributed by atoms with Gasteiger partial charge in [0.2, 0.25) is 5.91 Å². The van der Waals surface area contributed by atoms with Gasteiger partial charge in [0.25, 0.3) is 0 Å². The first-order chi connectivity index (χ1) is 12.1. The zero-order valence-corrected chi connectivity index (χ0v) is 15.0. The number of carbonyl (C=O) groups excluding carboxylic acids is 3. The van der Waals surface area contributed by atoms with E-state index in [4.69, 9.17) is 4.74 Å². The molecule has 1 saturated heterocycles. The fourth-order valence-electron chi connectivity index (χ4n) is 3.38. The molecule has 0 bridgehead atoms. The van der Waals surface area contributed by atoms with Crippen LogP contribution < -0.4 is 10.6 Å². The van der Waals surface area contributed by atoms with Crippen molar-refractivity contribution < 1.29 is 19.1 Å². The third-order valence-corrected chi connectivity index (χ3v) is 4.86. The summed E-state index contributed by atoms with van der Waals surface area (Å²) in [6, 6.07) is -0.439. The summed E-state index contributed by atoms with van der Waals surface area (Å²) in [4.78, 5) is 37.1. The van der Waals surface area contributed by atoms with Crippen molar-refractivity contribution in [3.8, 4) is 0 Å². The van der Waals surface area contributed by atoms with Crippen LogP contribution in [0, 0.1) is 5.92 Å². The van der Waals surface area contributed by atoms with Crippen molar-refractivity contribution in [3.05, 3.63) is 11.6 Å². The minimum absolute atomic E-state index is 0.0818. The van der Waals surface area contributed by atoms with Crippen LogP contribution in [0.15, 0.2) is 11.6 Å². The summed E-state index contributed by atoms with van der Waals surface area (Å²) >= 11 is 0. The summed E-state index contributed by atoms with van der Waals surface area (Å²) in [5.74, 6) is -0.579. The molecule has 2 N–H and O–H groups in total. The van der Waals surface area contributed by atoms with Crippen LogP contribution in [0.2, 0.25) is 0 Å². The number of carbonyl (C=O) groups is 3. The van der Waals surface area contributed by atoms with Gasteiger partial charge in [-0.05, 0) is 58.0 Å². The normalized spacial score (nSPS) is 19.0. The summed E-state index contributed by atoms with van der Waals surface area (Å²) in [5, 5.41) is 5.10. The molecule has 25 heavy (non-hydrogen) atoms. The molecule has 2 rings (SSSR count). The maximum absolute atomic E-state index is 11.9. The molecule has 0 aromatic heterocycles. The second-order valence-corrected chi connectivity index (χ2v) is 6.74. The number of hydrogen-bond donors (Lipinski definition) is 2. The third-order valence-electron chi connectivity index (χ3n) is 4.86. The SMILES string of the molecule is COC(=O)C1CCN(CC(=O)NC(=O)NCCC2=CCCCC2)CC1. The predicted octanol–water partition coefficient (Wildman–Crippen LogP) is 1.59. The Labute approximate surface area is 149 Å². The predicted molar refractivity (Wildman–Crippen MR) is 93.9 cm³/mol. The molecule has 1 aliphatic carbocycles. The molecular formula is C18H29N3O4. The molecule has 1 aliphatic heterocycles. The molecule has 0 aromatic rings. The van der Waals surface area contributed by atoms with Gasteiger partial charge in [-0.15, -0.1) is 0 Å². The Bertz CT molecular complexity index is 510. The van der Waals surface area contributed by atoms with Crippen LogP contribution in [0.3, 0.4) is 0 Å². The van der Waals surface area contributed by atoms with Crippen molar-refractivity contribution in [1.82, 2.24) is 15.5 Å². The number of esters is 1. The smallest absolute Gasteiger partial charge is 0.321 e. The summed E-state index contributed by atoms with van der Waals surface area (Å²) in [6.45, 7) is 2.04. The lowest BCUT2D eigenvalue weighted by atomic mass is 9.97. The number of methoxy groups -OCH3 is 1. The fourth-order valence-corrected chi connectivity index (χ4v) is 3.38. The molecule has 0 unspecified atom stereocenters. The average molecular weight is 351 g/mol. The molecule has 0 saturated carbocycles. The molecule has 0 spiro atoms. The number of rotatable bonds is 6. The van der Waals surface area contributed by atoms with E-state index >= 15 is 0 Å². The zero-order valence-electron chi connectivity index (χ0n) is 15.0. The third kappa shape index (κ3) is 6.86. The number of nitrogens with zero attached hydrogens (tertiary/aromatic N) is 1. The Morgan fingerprint density at radius 2 is 2.00 bits per heavy atom. The number of piperidine rings is 1. The van der Waals surface area contributed by atoms with Crippen LogP contribution in [0.1, 0.15) is 44.9 Å². The number of hydrogen-bond acceptors (Lipinski definition) is 5.